The van der Waals surface area contributed by atoms with E-state index in [1.165, 1.54) is 18.4 Å². The molecule has 2 aromatic heterocycles. The highest BCUT2D eigenvalue weighted by atomic mass is 32.1. The van der Waals surface area contributed by atoms with Gasteiger partial charge < -0.3 is 20.3 Å². The molecule has 1 fully saturated rings. The Morgan fingerprint density at radius 1 is 1.16 bits per heavy atom. The van der Waals surface area contributed by atoms with Gasteiger partial charge in [0.15, 0.2) is 5.82 Å². The van der Waals surface area contributed by atoms with E-state index in [0.717, 1.165) is 30.9 Å². The fourth-order valence-electron chi connectivity index (χ4n) is 3.28. The number of hydrogen-bond donors (Lipinski definition) is 2. The number of esters is 1. The van der Waals surface area contributed by atoms with Crippen LogP contribution in [-0.4, -0.2) is 58.5 Å². The van der Waals surface area contributed by atoms with Gasteiger partial charge >= 0.3 is 5.97 Å². The highest BCUT2D eigenvalue weighted by Gasteiger charge is 2.24. The topological polar surface area (TPSA) is 122 Å². The van der Waals surface area contributed by atoms with Gasteiger partial charge in [-0.15, -0.1) is 15.3 Å². The minimum atomic E-state index is -0.410. The van der Waals surface area contributed by atoms with Crippen molar-refractivity contribution in [2.24, 2.45) is 0 Å². The van der Waals surface area contributed by atoms with E-state index in [1.807, 2.05) is 12.1 Å². The monoisotopic (exact) mass is 439 g/mol. The molecule has 0 saturated carbocycles. The van der Waals surface area contributed by atoms with Gasteiger partial charge in [0.25, 0.3) is 0 Å². The van der Waals surface area contributed by atoms with Crippen LogP contribution in [0.15, 0.2) is 42.6 Å². The van der Waals surface area contributed by atoms with E-state index in [0.29, 0.717) is 15.8 Å². The third-order valence-corrected chi connectivity index (χ3v) is 5.58. The zero-order valence-corrected chi connectivity index (χ0v) is 17.6. The van der Waals surface area contributed by atoms with Gasteiger partial charge in [-0.1, -0.05) is 23.5 Å². The van der Waals surface area contributed by atoms with Crippen molar-refractivity contribution >= 4 is 39.3 Å². The first-order chi connectivity index (χ1) is 15.1. The molecule has 3 aromatic rings. The number of anilines is 3. The van der Waals surface area contributed by atoms with E-state index in [9.17, 15) is 9.59 Å². The maximum Gasteiger partial charge on any atom is 0.337 e. The van der Waals surface area contributed by atoms with E-state index in [4.69, 9.17) is 0 Å². The Labute approximate surface area is 182 Å². The van der Waals surface area contributed by atoms with Gasteiger partial charge in [-0.3, -0.25) is 4.79 Å². The third-order valence-electron chi connectivity index (χ3n) is 4.81. The van der Waals surface area contributed by atoms with E-state index >= 15 is 0 Å². The fourth-order valence-corrected chi connectivity index (χ4v) is 4.02. The molecular formula is C20H21N7O3S. The molecule has 10 nitrogen and oxygen atoms in total. The summed E-state index contributed by atoms with van der Waals surface area (Å²) in [6.07, 6.45) is 2.77. The van der Waals surface area contributed by atoms with Crippen LogP contribution in [0.25, 0.3) is 0 Å². The summed E-state index contributed by atoms with van der Waals surface area (Å²) in [6.45, 7) is 1.68. The lowest BCUT2D eigenvalue weighted by Gasteiger charge is -2.16. The molecule has 0 aliphatic carbocycles. The van der Waals surface area contributed by atoms with Crippen molar-refractivity contribution in [2.45, 2.75) is 18.9 Å². The first kappa shape index (κ1) is 20.7. The Bertz CT molecular complexity index is 1040. The molecule has 1 atom stereocenters. The fraction of sp³-hybridized carbons (Fsp3) is 0.300. The third kappa shape index (κ3) is 5.31. The lowest BCUT2D eigenvalue weighted by molar-refractivity contribution is -0.115. The number of aromatic nitrogens is 4. The zero-order valence-electron chi connectivity index (χ0n) is 16.8. The lowest BCUT2D eigenvalue weighted by atomic mass is 10.1. The van der Waals surface area contributed by atoms with E-state index < -0.39 is 5.97 Å². The van der Waals surface area contributed by atoms with Crippen molar-refractivity contribution in [2.75, 3.05) is 35.7 Å². The van der Waals surface area contributed by atoms with Gasteiger partial charge in [0.2, 0.25) is 16.2 Å². The Hall–Kier alpha value is -3.60. The van der Waals surface area contributed by atoms with Crippen molar-refractivity contribution in [3.63, 3.8) is 0 Å². The highest BCUT2D eigenvalue weighted by Crippen LogP contribution is 2.24. The molecule has 1 aromatic carbocycles. The molecular weight excluding hydrogens is 418 g/mol. The molecule has 160 valence electrons. The predicted molar refractivity (Wildman–Crippen MR) is 116 cm³/mol. The summed E-state index contributed by atoms with van der Waals surface area (Å²) < 4.78 is 4.67. The minimum Gasteiger partial charge on any atom is -0.465 e. The van der Waals surface area contributed by atoms with Crippen LogP contribution in [0.2, 0.25) is 0 Å². The standard InChI is InChI=1S/C20H21N7O3S/c1-30-18(29)14-6-4-13(5-7-14)11-17(28)23-20-26-25-19(31-20)22-15-8-10-27(12-15)16-3-2-9-21-24-16/h2-7,9,15H,8,10-12H2,1H3,(H,22,25)(H,23,26,28)/t15-/m1/s1. The Kier molecular flexibility index (Phi) is 6.32. The summed E-state index contributed by atoms with van der Waals surface area (Å²) >= 11 is 1.29. The van der Waals surface area contributed by atoms with Gasteiger partial charge in [-0.05, 0) is 36.2 Å². The molecule has 1 aliphatic rings. The predicted octanol–water partition coefficient (Wildman–Crippen LogP) is 1.99. The van der Waals surface area contributed by atoms with Crippen LogP contribution < -0.4 is 15.5 Å². The van der Waals surface area contributed by atoms with Crippen LogP contribution in [0.1, 0.15) is 22.3 Å². The first-order valence-corrected chi connectivity index (χ1v) is 10.5. The summed E-state index contributed by atoms with van der Waals surface area (Å²) in [5, 5.41) is 23.5. The molecule has 1 aliphatic heterocycles. The van der Waals surface area contributed by atoms with Crippen molar-refractivity contribution in [1.29, 1.82) is 0 Å². The number of nitrogens with one attached hydrogen (secondary N) is 2. The molecule has 31 heavy (non-hydrogen) atoms. The number of carbonyl (C=O) groups excluding carboxylic acids is 2. The molecule has 4 rings (SSSR count). The second-order valence-corrected chi connectivity index (χ2v) is 7.96. The molecule has 0 spiro atoms. The second kappa shape index (κ2) is 9.47. The lowest BCUT2D eigenvalue weighted by Crippen LogP contribution is -2.26. The zero-order chi connectivity index (χ0) is 21.6. The van der Waals surface area contributed by atoms with Crippen LogP contribution >= 0.6 is 11.3 Å². The summed E-state index contributed by atoms with van der Waals surface area (Å²) in [7, 11) is 1.33. The van der Waals surface area contributed by atoms with Crippen molar-refractivity contribution in [1.82, 2.24) is 20.4 Å². The normalized spacial score (nSPS) is 15.5. The van der Waals surface area contributed by atoms with E-state index in [-0.39, 0.29) is 18.4 Å². The smallest absolute Gasteiger partial charge is 0.337 e. The van der Waals surface area contributed by atoms with Crippen LogP contribution in [0.3, 0.4) is 0 Å². The van der Waals surface area contributed by atoms with Crippen molar-refractivity contribution in [3.8, 4) is 0 Å². The Morgan fingerprint density at radius 3 is 2.71 bits per heavy atom. The summed E-state index contributed by atoms with van der Waals surface area (Å²) in [5.74, 6) is 0.242. The van der Waals surface area contributed by atoms with Gasteiger partial charge in [-0.2, -0.15) is 5.10 Å². The molecule has 0 bridgehead atoms. The van der Waals surface area contributed by atoms with Crippen LogP contribution in [0, 0.1) is 0 Å². The number of hydrogen-bond acceptors (Lipinski definition) is 10. The molecule has 0 unspecified atom stereocenters. The largest absolute Gasteiger partial charge is 0.465 e. The number of benzene rings is 1. The molecule has 0 radical (unpaired) electrons. The molecule has 1 amide bonds. The molecule has 11 heteroatoms. The van der Waals surface area contributed by atoms with Gasteiger partial charge in [0.05, 0.1) is 19.1 Å². The quantitative estimate of drug-likeness (QED) is 0.532. The molecule has 3 heterocycles. The van der Waals surface area contributed by atoms with Crippen LogP contribution in [0.4, 0.5) is 16.1 Å². The Morgan fingerprint density at radius 2 is 1.97 bits per heavy atom. The summed E-state index contributed by atoms with van der Waals surface area (Å²) in [4.78, 5) is 25.9. The number of amides is 1. The number of methoxy groups -OCH3 is 1. The number of rotatable bonds is 7. The van der Waals surface area contributed by atoms with E-state index in [2.05, 4.69) is 40.7 Å². The average molecular weight is 440 g/mol. The van der Waals surface area contributed by atoms with Crippen molar-refractivity contribution in [3.05, 3.63) is 53.7 Å². The van der Waals surface area contributed by atoms with Gasteiger partial charge in [0, 0.05) is 25.3 Å². The first-order valence-electron chi connectivity index (χ1n) is 9.70. The number of nitrogens with zero attached hydrogens (tertiary/aromatic N) is 5. The summed E-state index contributed by atoms with van der Waals surface area (Å²) in [5.41, 5.74) is 1.22. The van der Waals surface area contributed by atoms with Crippen molar-refractivity contribution < 1.29 is 14.3 Å². The highest BCUT2D eigenvalue weighted by molar-refractivity contribution is 7.19. The number of ether oxygens (including phenoxy) is 1. The number of carbonyl (C=O) groups is 2. The van der Waals surface area contributed by atoms with E-state index in [1.54, 1.807) is 30.5 Å². The maximum atomic E-state index is 12.3. The van der Waals surface area contributed by atoms with Crippen LogP contribution in [-0.2, 0) is 16.0 Å². The molecule has 1 saturated heterocycles. The van der Waals surface area contributed by atoms with Gasteiger partial charge in [0.1, 0.15) is 0 Å². The summed E-state index contributed by atoms with van der Waals surface area (Å²) in [6, 6.07) is 10.7. The van der Waals surface area contributed by atoms with Gasteiger partial charge in [-0.25, -0.2) is 4.79 Å². The average Bonchev–Trinajstić information content (AvgIpc) is 3.44. The minimum absolute atomic E-state index is 0.166. The maximum absolute atomic E-state index is 12.3. The van der Waals surface area contributed by atoms with Crippen LogP contribution in [0.5, 0.6) is 0 Å². The Balaban J connectivity index is 1.27. The SMILES string of the molecule is COC(=O)c1ccc(CC(=O)Nc2nnc(N[C@@H]3CCN(c4cccnn4)C3)s2)cc1. The second-order valence-electron chi connectivity index (χ2n) is 6.98. The molecule has 2 N–H and O–H groups in total.